The lowest BCUT2D eigenvalue weighted by atomic mass is 9.53. The third-order valence-corrected chi connectivity index (χ3v) is 7.82. The van der Waals surface area contributed by atoms with E-state index in [1.165, 1.54) is 24.8 Å². The van der Waals surface area contributed by atoms with Crippen molar-refractivity contribution in [2.75, 3.05) is 0 Å². The van der Waals surface area contributed by atoms with Gasteiger partial charge in [0.1, 0.15) is 11.3 Å². The molecule has 3 atom stereocenters. The first-order valence-electron chi connectivity index (χ1n) is 10.5. The van der Waals surface area contributed by atoms with Crippen molar-refractivity contribution < 1.29 is 14.5 Å². The first-order valence-corrected chi connectivity index (χ1v) is 10.5. The standard InChI is InChI=1S/C22H29BN2O3/c1-12-6-7-15-21(2,3)8-5-9-22(15,4)16-13-10-14-18(25-11-24-14)17(23(26)27)20(13)28-19(12)16/h10-12,15,26-27H,5-9H2,1-4H3,(H,24,25). The quantitative estimate of drug-likeness (QED) is 0.558. The van der Waals surface area contributed by atoms with E-state index in [2.05, 4.69) is 43.7 Å². The summed E-state index contributed by atoms with van der Waals surface area (Å²) >= 11 is 0. The average molecular weight is 380 g/mol. The largest absolute Gasteiger partial charge is 0.494 e. The molecule has 3 N–H and O–H groups in total. The fourth-order valence-electron chi connectivity index (χ4n) is 6.53. The van der Waals surface area contributed by atoms with Crippen LogP contribution in [0.15, 0.2) is 16.8 Å². The summed E-state index contributed by atoms with van der Waals surface area (Å²) in [6.07, 6.45) is 7.53. The van der Waals surface area contributed by atoms with Crippen molar-refractivity contribution in [3.05, 3.63) is 23.7 Å². The second-order valence-corrected chi connectivity index (χ2v) is 9.97. The van der Waals surface area contributed by atoms with Gasteiger partial charge in [0.25, 0.3) is 0 Å². The van der Waals surface area contributed by atoms with Gasteiger partial charge in [-0.1, -0.05) is 34.1 Å². The topological polar surface area (TPSA) is 82.3 Å². The predicted octanol–water partition coefficient (Wildman–Crippen LogP) is 3.97. The van der Waals surface area contributed by atoms with Gasteiger partial charge in [0.2, 0.25) is 0 Å². The Morgan fingerprint density at radius 3 is 2.75 bits per heavy atom. The molecule has 0 bridgehead atoms. The molecule has 2 aliphatic carbocycles. The Hall–Kier alpha value is -1.79. The molecule has 2 heterocycles. The molecule has 3 unspecified atom stereocenters. The Morgan fingerprint density at radius 2 is 2.00 bits per heavy atom. The molecule has 5 nitrogen and oxygen atoms in total. The molecule has 0 saturated heterocycles. The van der Waals surface area contributed by atoms with Crippen LogP contribution in [0.5, 0.6) is 0 Å². The highest BCUT2D eigenvalue weighted by molar-refractivity contribution is 6.64. The molecular weight excluding hydrogens is 351 g/mol. The molecule has 0 amide bonds. The van der Waals surface area contributed by atoms with E-state index in [1.54, 1.807) is 6.33 Å². The second-order valence-electron chi connectivity index (χ2n) is 9.97. The number of aromatic nitrogens is 2. The number of imidazole rings is 1. The summed E-state index contributed by atoms with van der Waals surface area (Å²) in [6, 6.07) is 2.10. The molecular formula is C22H29BN2O3. The minimum absolute atomic E-state index is 0.0263. The van der Waals surface area contributed by atoms with Gasteiger partial charge in [0.15, 0.2) is 0 Å². The van der Waals surface area contributed by atoms with Gasteiger partial charge >= 0.3 is 7.12 Å². The minimum atomic E-state index is -1.62. The number of hydrogen-bond acceptors (Lipinski definition) is 4. The van der Waals surface area contributed by atoms with Crippen molar-refractivity contribution in [3.8, 4) is 0 Å². The maximum absolute atomic E-state index is 10.1. The molecule has 6 heteroatoms. The molecule has 3 aromatic rings. The molecule has 1 fully saturated rings. The third kappa shape index (κ3) is 2.31. The van der Waals surface area contributed by atoms with Crippen molar-refractivity contribution in [1.29, 1.82) is 0 Å². The number of nitrogens with one attached hydrogen (secondary N) is 1. The smallest absolute Gasteiger partial charge is 0.461 e. The lowest BCUT2D eigenvalue weighted by Crippen LogP contribution is -2.44. The van der Waals surface area contributed by atoms with Crippen molar-refractivity contribution in [2.45, 2.75) is 71.1 Å². The molecule has 148 valence electrons. The van der Waals surface area contributed by atoms with E-state index >= 15 is 0 Å². The summed E-state index contributed by atoms with van der Waals surface area (Å²) in [6.45, 7) is 9.50. The number of aromatic amines is 1. The van der Waals surface area contributed by atoms with E-state index in [0.717, 1.165) is 29.5 Å². The maximum atomic E-state index is 10.1. The zero-order valence-electron chi connectivity index (χ0n) is 17.2. The van der Waals surface area contributed by atoms with Gasteiger partial charge in [-0.05, 0) is 48.5 Å². The molecule has 0 aliphatic heterocycles. The lowest BCUT2D eigenvalue weighted by Gasteiger charge is -2.50. The lowest BCUT2D eigenvalue weighted by molar-refractivity contribution is 0.0504. The van der Waals surface area contributed by atoms with Gasteiger partial charge in [-0.2, -0.15) is 0 Å². The van der Waals surface area contributed by atoms with Crippen molar-refractivity contribution >= 4 is 34.6 Å². The number of H-pyrrole nitrogens is 1. The van der Waals surface area contributed by atoms with Crippen molar-refractivity contribution in [3.63, 3.8) is 0 Å². The van der Waals surface area contributed by atoms with Crippen molar-refractivity contribution in [2.24, 2.45) is 11.3 Å². The van der Waals surface area contributed by atoms with Gasteiger partial charge in [0.05, 0.1) is 22.8 Å². The van der Waals surface area contributed by atoms with Gasteiger partial charge < -0.3 is 19.4 Å². The number of benzene rings is 1. The highest BCUT2D eigenvalue weighted by Crippen LogP contribution is 2.59. The Bertz CT molecular complexity index is 1070. The van der Waals surface area contributed by atoms with Gasteiger partial charge in [-0.25, -0.2) is 4.98 Å². The Morgan fingerprint density at radius 1 is 1.21 bits per heavy atom. The van der Waals surface area contributed by atoms with Gasteiger partial charge in [-0.15, -0.1) is 0 Å². The molecule has 0 spiro atoms. The SMILES string of the molecule is CC1CCC2C(C)(C)CCCC2(C)c2c1oc1c(B(O)O)c3nc[nH]c3cc21. The van der Waals surface area contributed by atoms with Crippen molar-refractivity contribution in [1.82, 2.24) is 9.97 Å². The van der Waals surface area contributed by atoms with Crippen LogP contribution in [-0.2, 0) is 5.41 Å². The molecule has 28 heavy (non-hydrogen) atoms. The van der Waals surface area contributed by atoms with Crippen LogP contribution in [0.1, 0.15) is 77.0 Å². The number of nitrogens with zero attached hydrogens (tertiary/aromatic N) is 1. The summed E-state index contributed by atoms with van der Waals surface area (Å²) in [5, 5.41) is 21.3. The van der Waals surface area contributed by atoms with E-state index in [9.17, 15) is 10.0 Å². The highest BCUT2D eigenvalue weighted by atomic mass is 16.4. The second kappa shape index (κ2) is 5.86. The zero-order chi connectivity index (χ0) is 19.8. The summed E-state index contributed by atoms with van der Waals surface area (Å²) in [5.74, 6) is 1.93. The molecule has 2 aromatic heterocycles. The first kappa shape index (κ1) is 18.3. The first-order chi connectivity index (χ1) is 13.2. The molecule has 2 aliphatic rings. The van der Waals surface area contributed by atoms with E-state index in [-0.39, 0.29) is 10.8 Å². The van der Waals surface area contributed by atoms with E-state index < -0.39 is 7.12 Å². The van der Waals surface area contributed by atoms with Crippen LogP contribution in [-0.4, -0.2) is 27.1 Å². The third-order valence-electron chi connectivity index (χ3n) is 7.82. The normalized spacial score (nSPS) is 29.5. The van der Waals surface area contributed by atoms with E-state index in [0.29, 0.717) is 28.4 Å². The molecule has 5 rings (SSSR count). The fourth-order valence-corrected chi connectivity index (χ4v) is 6.53. The summed E-state index contributed by atoms with van der Waals surface area (Å²) in [4.78, 5) is 7.48. The summed E-state index contributed by atoms with van der Waals surface area (Å²) in [5.41, 5.74) is 3.98. The fraction of sp³-hybridized carbons (Fsp3) is 0.591. The molecule has 1 saturated carbocycles. The van der Waals surface area contributed by atoms with Gasteiger partial charge in [-0.3, -0.25) is 0 Å². The zero-order valence-corrected chi connectivity index (χ0v) is 17.2. The van der Waals surface area contributed by atoms with Crippen LogP contribution < -0.4 is 5.46 Å². The summed E-state index contributed by atoms with van der Waals surface area (Å²) in [7, 11) is -1.62. The van der Waals surface area contributed by atoms with E-state index in [4.69, 9.17) is 4.42 Å². The predicted molar refractivity (Wildman–Crippen MR) is 112 cm³/mol. The molecule has 1 aromatic carbocycles. The average Bonchev–Trinajstić information content (AvgIpc) is 3.19. The maximum Gasteiger partial charge on any atom is 0.494 e. The van der Waals surface area contributed by atoms with Crippen LogP contribution in [0.3, 0.4) is 0 Å². The Labute approximate surface area is 165 Å². The van der Waals surface area contributed by atoms with E-state index in [1.807, 2.05) is 0 Å². The minimum Gasteiger partial charge on any atom is -0.461 e. The monoisotopic (exact) mass is 380 g/mol. The van der Waals surface area contributed by atoms with Crippen LogP contribution in [0.2, 0.25) is 0 Å². The van der Waals surface area contributed by atoms with Gasteiger partial charge in [0, 0.05) is 16.9 Å². The van der Waals surface area contributed by atoms with Crippen LogP contribution in [0, 0.1) is 11.3 Å². The Kier molecular flexibility index (Phi) is 3.82. The number of fused-ring (bicyclic) bond motifs is 6. The number of rotatable bonds is 1. The number of furan rings is 1. The van der Waals surface area contributed by atoms with Crippen LogP contribution in [0.25, 0.3) is 22.0 Å². The highest BCUT2D eigenvalue weighted by Gasteiger charge is 2.51. The molecule has 0 radical (unpaired) electrons. The summed E-state index contributed by atoms with van der Waals surface area (Å²) < 4.78 is 6.46. The Balaban J connectivity index is 1.89. The van der Waals surface area contributed by atoms with Crippen LogP contribution >= 0.6 is 0 Å². The number of hydrogen-bond donors (Lipinski definition) is 3. The van der Waals surface area contributed by atoms with Crippen LogP contribution in [0.4, 0.5) is 0 Å².